The van der Waals surface area contributed by atoms with E-state index in [1.807, 2.05) is 9.80 Å². The molecule has 2 amide bonds. The van der Waals surface area contributed by atoms with Crippen LogP contribution in [0.2, 0.25) is 0 Å². The van der Waals surface area contributed by atoms with E-state index in [0.717, 1.165) is 82.2 Å². The Kier molecular flexibility index (Phi) is 5.59. The van der Waals surface area contributed by atoms with Gasteiger partial charge in [-0.05, 0) is 75.5 Å². The van der Waals surface area contributed by atoms with Crippen LogP contribution in [0, 0.1) is 29.1 Å². The molecule has 0 aromatic carbocycles. The number of amides is 2. The molecule has 2 saturated heterocycles. The van der Waals surface area contributed by atoms with Gasteiger partial charge in [0.25, 0.3) is 0 Å². The van der Waals surface area contributed by atoms with Gasteiger partial charge in [0.05, 0.1) is 0 Å². The lowest BCUT2D eigenvalue weighted by Crippen LogP contribution is -2.53. The van der Waals surface area contributed by atoms with E-state index >= 15 is 0 Å². The van der Waals surface area contributed by atoms with Gasteiger partial charge in [0, 0.05) is 57.1 Å². The minimum atomic E-state index is -0.0902. The van der Waals surface area contributed by atoms with Crippen molar-refractivity contribution in [3.63, 3.8) is 0 Å². The van der Waals surface area contributed by atoms with Crippen LogP contribution in [0.1, 0.15) is 64.7 Å². The molecular weight excluding hydrogens is 376 g/mol. The summed E-state index contributed by atoms with van der Waals surface area (Å²) >= 11 is 0. The molecule has 0 radical (unpaired) electrons. The van der Waals surface area contributed by atoms with Crippen LogP contribution in [0.5, 0.6) is 0 Å². The van der Waals surface area contributed by atoms with Crippen molar-refractivity contribution in [2.45, 2.75) is 70.8 Å². The summed E-state index contributed by atoms with van der Waals surface area (Å²) in [6, 6.07) is 0.722. The molecule has 6 heteroatoms. The number of fused-ring (bicyclic) bond motifs is 1. The number of nitrogens with zero attached hydrogens (tertiary/aromatic N) is 3. The van der Waals surface area contributed by atoms with Crippen molar-refractivity contribution in [1.82, 2.24) is 20.2 Å². The molecule has 5 rings (SSSR count). The highest BCUT2D eigenvalue weighted by Crippen LogP contribution is 2.47. The van der Waals surface area contributed by atoms with E-state index in [4.69, 9.17) is 0 Å². The van der Waals surface area contributed by atoms with Gasteiger partial charge >= 0.3 is 0 Å². The number of piperazine rings is 1. The molecule has 3 saturated carbocycles. The summed E-state index contributed by atoms with van der Waals surface area (Å²) in [6.45, 7) is 6.15. The van der Waals surface area contributed by atoms with E-state index in [1.165, 1.54) is 32.1 Å². The van der Waals surface area contributed by atoms with Gasteiger partial charge < -0.3 is 9.80 Å². The van der Waals surface area contributed by atoms with E-state index < -0.39 is 0 Å². The maximum atomic E-state index is 13.1. The Labute approximate surface area is 181 Å². The van der Waals surface area contributed by atoms with Crippen molar-refractivity contribution in [3.05, 3.63) is 0 Å². The predicted octanol–water partition coefficient (Wildman–Crippen LogP) is 2.50. The van der Waals surface area contributed by atoms with E-state index in [9.17, 15) is 9.59 Å². The number of hydrogen-bond acceptors (Lipinski definition) is 4. The van der Waals surface area contributed by atoms with Crippen molar-refractivity contribution in [2.24, 2.45) is 29.1 Å². The first-order valence-corrected chi connectivity index (χ1v) is 12.5. The zero-order chi connectivity index (χ0) is 20.9. The van der Waals surface area contributed by atoms with E-state index in [-0.39, 0.29) is 11.3 Å². The Morgan fingerprint density at radius 1 is 0.833 bits per heavy atom. The van der Waals surface area contributed by atoms with Gasteiger partial charge in [-0.15, -0.1) is 0 Å². The number of carbonyl (C=O) groups excluding carboxylic acids is 2. The normalized spacial score (nSPS) is 38.9. The summed E-state index contributed by atoms with van der Waals surface area (Å²) in [6.07, 6.45) is 10.7. The Hall–Kier alpha value is -1.14. The first kappa shape index (κ1) is 20.7. The third-order valence-corrected chi connectivity index (χ3v) is 9.28. The molecule has 1 N–H and O–H groups in total. The van der Waals surface area contributed by atoms with Gasteiger partial charge in [-0.25, -0.2) is 5.01 Å². The maximum Gasteiger partial charge on any atom is 0.228 e. The molecule has 3 unspecified atom stereocenters. The van der Waals surface area contributed by atoms with E-state index in [1.54, 1.807) is 0 Å². The number of rotatable bonds is 3. The molecule has 5 aliphatic rings. The average molecular weight is 417 g/mol. The van der Waals surface area contributed by atoms with Crippen molar-refractivity contribution >= 4 is 11.8 Å². The van der Waals surface area contributed by atoms with Crippen LogP contribution >= 0.6 is 0 Å². The smallest absolute Gasteiger partial charge is 0.228 e. The van der Waals surface area contributed by atoms with Gasteiger partial charge in [-0.2, -0.15) is 0 Å². The number of hydrogen-bond donors (Lipinski definition) is 1. The summed E-state index contributed by atoms with van der Waals surface area (Å²) in [5, 5.41) is 2.36. The van der Waals surface area contributed by atoms with Crippen molar-refractivity contribution in [1.29, 1.82) is 0 Å². The van der Waals surface area contributed by atoms with Crippen molar-refractivity contribution < 1.29 is 9.59 Å². The molecule has 0 bridgehead atoms. The summed E-state index contributed by atoms with van der Waals surface area (Å²) in [7, 11) is 2.21. The first-order valence-electron chi connectivity index (χ1n) is 12.5. The molecule has 30 heavy (non-hydrogen) atoms. The lowest BCUT2D eigenvalue weighted by molar-refractivity contribution is -0.145. The van der Waals surface area contributed by atoms with Crippen molar-refractivity contribution in [2.75, 3.05) is 39.8 Å². The molecule has 0 aromatic heterocycles. The minimum Gasteiger partial charge on any atom is -0.339 e. The average Bonchev–Trinajstić information content (AvgIpc) is 3.44. The fraction of sp³-hybridized carbons (Fsp3) is 0.917. The molecule has 3 aliphatic carbocycles. The number of carbonyl (C=O) groups is 2. The van der Waals surface area contributed by atoms with Crippen LogP contribution in [0.3, 0.4) is 0 Å². The van der Waals surface area contributed by atoms with Crippen LogP contribution in [0.25, 0.3) is 0 Å². The molecular formula is C24H40N4O2. The third-order valence-electron chi connectivity index (χ3n) is 9.28. The molecule has 5 fully saturated rings. The van der Waals surface area contributed by atoms with Gasteiger partial charge in [-0.1, -0.05) is 6.92 Å². The zero-order valence-electron chi connectivity index (χ0n) is 18.9. The molecule has 168 valence electrons. The quantitative estimate of drug-likeness (QED) is 0.768. The molecule has 3 atom stereocenters. The molecule has 2 aliphatic heterocycles. The SMILES string of the molecule is CN1NCC2CCC(C3CCC(C(=O)N4CCN(C(=O)C5(C)CC5)CC4)CC3)CC21. The summed E-state index contributed by atoms with van der Waals surface area (Å²) in [5.41, 5.74) is 3.43. The highest BCUT2D eigenvalue weighted by molar-refractivity contribution is 5.85. The second-order valence-corrected chi connectivity index (χ2v) is 11.2. The minimum absolute atomic E-state index is 0.0902. The second kappa shape index (κ2) is 8.09. The number of nitrogens with one attached hydrogen (secondary N) is 1. The van der Waals surface area contributed by atoms with Gasteiger partial charge in [-0.3, -0.25) is 15.0 Å². The van der Waals surface area contributed by atoms with E-state index in [0.29, 0.717) is 11.8 Å². The highest BCUT2D eigenvalue weighted by atomic mass is 16.2. The lowest BCUT2D eigenvalue weighted by atomic mass is 9.68. The zero-order valence-corrected chi connectivity index (χ0v) is 18.9. The Balaban J connectivity index is 1.08. The molecule has 0 spiro atoms. The molecule has 0 aromatic rings. The maximum absolute atomic E-state index is 13.1. The van der Waals surface area contributed by atoms with Crippen LogP contribution in [-0.4, -0.2) is 72.4 Å². The molecule has 2 heterocycles. The fourth-order valence-corrected chi connectivity index (χ4v) is 6.77. The van der Waals surface area contributed by atoms with Crippen LogP contribution in [-0.2, 0) is 9.59 Å². The standard InChI is InChI=1S/C24H40N4O2/c1-24(9-10-24)23(30)28-13-11-27(12-14-28)22(29)18-5-3-17(4-6-18)19-7-8-20-16-25-26(2)21(20)15-19/h17-21,25H,3-16H2,1-2H3. The lowest BCUT2D eigenvalue weighted by Gasteiger charge is -2.42. The van der Waals surface area contributed by atoms with Crippen LogP contribution in [0.4, 0.5) is 0 Å². The number of hydrazine groups is 1. The predicted molar refractivity (Wildman–Crippen MR) is 116 cm³/mol. The van der Waals surface area contributed by atoms with Crippen molar-refractivity contribution in [3.8, 4) is 0 Å². The Morgan fingerprint density at radius 3 is 2.10 bits per heavy atom. The third kappa shape index (κ3) is 3.90. The van der Waals surface area contributed by atoms with Gasteiger partial charge in [0.15, 0.2) is 0 Å². The summed E-state index contributed by atoms with van der Waals surface area (Å²) in [4.78, 5) is 29.7. The second-order valence-electron chi connectivity index (χ2n) is 11.2. The van der Waals surface area contributed by atoms with E-state index in [2.05, 4.69) is 24.4 Å². The van der Waals surface area contributed by atoms with Gasteiger partial charge in [0.1, 0.15) is 0 Å². The van der Waals surface area contributed by atoms with Gasteiger partial charge in [0.2, 0.25) is 11.8 Å². The van der Waals surface area contributed by atoms with Crippen LogP contribution in [0.15, 0.2) is 0 Å². The monoisotopic (exact) mass is 416 g/mol. The largest absolute Gasteiger partial charge is 0.339 e. The Bertz CT molecular complexity index is 662. The first-order chi connectivity index (χ1) is 14.4. The molecule has 6 nitrogen and oxygen atoms in total. The van der Waals surface area contributed by atoms with Crippen LogP contribution < -0.4 is 5.43 Å². The summed E-state index contributed by atoms with van der Waals surface area (Å²) in [5.74, 6) is 3.41. The highest BCUT2D eigenvalue weighted by Gasteiger charge is 2.48. The Morgan fingerprint density at radius 2 is 1.43 bits per heavy atom. The fourth-order valence-electron chi connectivity index (χ4n) is 6.77. The topological polar surface area (TPSA) is 55.9 Å². The summed E-state index contributed by atoms with van der Waals surface area (Å²) < 4.78 is 0.